The number of hydrogen-bond acceptors (Lipinski definition) is 2. The summed E-state index contributed by atoms with van der Waals surface area (Å²) in [6, 6.07) is 1.85. The fraction of sp³-hybridized carbons (Fsp3) is 0.364. The van der Waals surface area contributed by atoms with E-state index < -0.39 is 6.10 Å². The Kier molecular flexibility index (Phi) is 2.44. The average Bonchev–Trinajstić information content (AvgIpc) is 2.59. The van der Waals surface area contributed by atoms with E-state index in [-0.39, 0.29) is 0 Å². The Hall–Kier alpha value is -1.06. The van der Waals surface area contributed by atoms with E-state index >= 15 is 0 Å². The number of aryl methyl sites for hydroxylation is 2. The normalized spacial score (nSPS) is 13.4. The Bertz CT molecular complexity index is 517. The Morgan fingerprint density at radius 3 is 2.73 bits per heavy atom. The molecule has 0 aliphatic rings. The molecule has 0 amide bonds. The SMILES string of the molecule is Cc1nc(Cl)c2cc(C(C)O)[nH]c2c1C. The number of fused-ring (bicyclic) bond motifs is 1. The maximum absolute atomic E-state index is 9.48. The van der Waals surface area contributed by atoms with Crippen molar-refractivity contribution in [2.75, 3.05) is 0 Å². The molecule has 0 fully saturated rings. The van der Waals surface area contributed by atoms with Crippen LogP contribution in [-0.2, 0) is 0 Å². The zero-order valence-corrected chi connectivity index (χ0v) is 9.68. The van der Waals surface area contributed by atoms with Crippen LogP contribution in [0.5, 0.6) is 0 Å². The zero-order chi connectivity index (χ0) is 11.2. The predicted octanol–water partition coefficient (Wildman–Crippen LogP) is 2.89. The average molecular weight is 225 g/mol. The maximum Gasteiger partial charge on any atom is 0.138 e. The quantitative estimate of drug-likeness (QED) is 0.732. The predicted molar refractivity (Wildman–Crippen MR) is 61.2 cm³/mol. The molecule has 2 heterocycles. The van der Waals surface area contributed by atoms with Crippen LogP contribution in [0.4, 0.5) is 0 Å². The Morgan fingerprint density at radius 2 is 2.13 bits per heavy atom. The van der Waals surface area contributed by atoms with Crippen LogP contribution in [0.1, 0.15) is 30.0 Å². The summed E-state index contributed by atoms with van der Waals surface area (Å²) in [4.78, 5) is 7.41. The lowest BCUT2D eigenvalue weighted by atomic mass is 10.2. The standard InChI is InChI=1S/C11H13ClN2O/c1-5-6(2)13-11(12)8-4-9(7(3)15)14-10(5)8/h4,7,14-15H,1-3H3. The van der Waals surface area contributed by atoms with Crippen molar-refractivity contribution in [1.29, 1.82) is 0 Å². The number of aliphatic hydroxyl groups is 1. The van der Waals surface area contributed by atoms with Crippen molar-refractivity contribution in [3.63, 3.8) is 0 Å². The summed E-state index contributed by atoms with van der Waals surface area (Å²) in [5, 5.41) is 10.8. The second-order valence-corrected chi connectivity index (χ2v) is 4.16. The largest absolute Gasteiger partial charge is 0.387 e. The molecule has 0 saturated heterocycles. The highest BCUT2D eigenvalue weighted by atomic mass is 35.5. The van der Waals surface area contributed by atoms with Crippen LogP contribution in [0.3, 0.4) is 0 Å². The number of aliphatic hydroxyl groups excluding tert-OH is 1. The summed E-state index contributed by atoms with van der Waals surface area (Å²) in [5.41, 5.74) is 3.71. The number of nitrogens with zero attached hydrogens (tertiary/aromatic N) is 1. The summed E-state index contributed by atoms with van der Waals surface area (Å²) in [7, 11) is 0. The zero-order valence-electron chi connectivity index (χ0n) is 8.93. The Balaban J connectivity index is 2.80. The van der Waals surface area contributed by atoms with Gasteiger partial charge in [-0.15, -0.1) is 0 Å². The molecule has 2 rings (SSSR count). The topological polar surface area (TPSA) is 48.9 Å². The molecule has 0 saturated carbocycles. The van der Waals surface area contributed by atoms with Gasteiger partial charge < -0.3 is 10.1 Å². The van der Waals surface area contributed by atoms with Crippen molar-refractivity contribution in [3.05, 3.63) is 28.2 Å². The summed E-state index contributed by atoms with van der Waals surface area (Å²) >= 11 is 6.04. The van der Waals surface area contributed by atoms with E-state index in [4.69, 9.17) is 11.6 Å². The third-order valence-electron chi connectivity index (χ3n) is 2.69. The van der Waals surface area contributed by atoms with E-state index in [2.05, 4.69) is 9.97 Å². The van der Waals surface area contributed by atoms with Crippen LogP contribution >= 0.6 is 11.6 Å². The number of halogens is 1. The molecule has 0 aromatic carbocycles. The van der Waals surface area contributed by atoms with Gasteiger partial charge in [-0.1, -0.05) is 11.6 Å². The van der Waals surface area contributed by atoms with Crippen molar-refractivity contribution in [3.8, 4) is 0 Å². The second kappa shape index (κ2) is 3.51. The minimum Gasteiger partial charge on any atom is -0.387 e. The van der Waals surface area contributed by atoms with Gasteiger partial charge in [-0.05, 0) is 32.4 Å². The first-order valence-corrected chi connectivity index (χ1v) is 5.22. The minimum atomic E-state index is -0.520. The van der Waals surface area contributed by atoms with Crippen molar-refractivity contribution in [1.82, 2.24) is 9.97 Å². The van der Waals surface area contributed by atoms with Crippen LogP contribution in [-0.4, -0.2) is 15.1 Å². The molecule has 1 unspecified atom stereocenters. The third kappa shape index (κ3) is 1.62. The minimum absolute atomic E-state index is 0.483. The monoisotopic (exact) mass is 224 g/mol. The molecule has 1 atom stereocenters. The van der Waals surface area contributed by atoms with Gasteiger partial charge in [-0.3, -0.25) is 0 Å². The van der Waals surface area contributed by atoms with Gasteiger partial charge in [0.1, 0.15) is 5.15 Å². The lowest BCUT2D eigenvalue weighted by Crippen LogP contribution is -1.91. The first-order chi connectivity index (χ1) is 7.00. The van der Waals surface area contributed by atoms with Crippen molar-refractivity contribution >= 4 is 22.5 Å². The summed E-state index contributed by atoms with van der Waals surface area (Å²) in [5.74, 6) is 0. The highest BCUT2D eigenvalue weighted by Gasteiger charge is 2.12. The molecule has 0 aliphatic carbocycles. The lowest BCUT2D eigenvalue weighted by Gasteiger charge is -2.02. The van der Waals surface area contributed by atoms with E-state index in [0.717, 1.165) is 27.9 Å². The van der Waals surface area contributed by atoms with Crippen LogP contribution in [0, 0.1) is 13.8 Å². The highest BCUT2D eigenvalue weighted by Crippen LogP contribution is 2.28. The molecule has 80 valence electrons. The molecular formula is C11H13ClN2O. The van der Waals surface area contributed by atoms with E-state index in [1.807, 2.05) is 19.9 Å². The van der Waals surface area contributed by atoms with Crippen LogP contribution < -0.4 is 0 Å². The van der Waals surface area contributed by atoms with Crippen molar-refractivity contribution in [2.45, 2.75) is 26.9 Å². The number of nitrogens with one attached hydrogen (secondary N) is 1. The molecule has 2 N–H and O–H groups in total. The van der Waals surface area contributed by atoms with Crippen LogP contribution in [0.15, 0.2) is 6.07 Å². The van der Waals surface area contributed by atoms with E-state index in [1.54, 1.807) is 6.92 Å². The maximum atomic E-state index is 9.48. The molecule has 4 heteroatoms. The molecule has 2 aromatic heterocycles. The second-order valence-electron chi connectivity index (χ2n) is 3.80. The third-order valence-corrected chi connectivity index (χ3v) is 2.98. The summed E-state index contributed by atoms with van der Waals surface area (Å²) in [6.07, 6.45) is -0.520. The van der Waals surface area contributed by atoms with Gasteiger partial charge in [0, 0.05) is 16.8 Å². The number of hydrogen-bond donors (Lipinski definition) is 2. The number of pyridine rings is 1. The molecule has 0 radical (unpaired) electrons. The first kappa shape index (κ1) is 10.5. The fourth-order valence-corrected chi connectivity index (χ4v) is 1.91. The summed E-state index contributed by atoms with van der Waals surface area (Å²) < 4.78 is 0. The fourth-order valence-electron chi connectivity index (χ4n) is 1.63. The smallest absolute Gasteiger partial charge is 0.138 e. The van der Waals surface area contributed by atoms with Gasteiger partial charge in [0.2, 0.25) is 0 Å². The number of aromatic nitrogens is 2. The van der Waals surface area contributed by atoms with Gasteiger partial charge in [0.15, 0.2) is 0 Å². The number of rotatable bonds is 1. The Labute approximate surface area is 93.1 Å². The molecule has 0 bridgehead atoms. The van der Waals surface area contributed by atoms with Gasteiger partial charge in [0.05, 0.1) is 11.6 Å². The van der Waals surface area contributed by atoms with Crippen LogP contribution in [0.25, 0.3) is 10.9 Å². The number of H-pyrrole nitrogens is 1. The van der Waals surface area contributed by atoms with Gasteiger partial charge in [0.25, 0.3) is 0 Å². The highest BCUT2D eigenvalue weighted by molar-refractivity contribution is 6.34. The molecule has 2 aromatic rings. The van der Waals surface area contributed by atoms with Gasteiger partial charge in [-0.2, -0.15) is 0 Å². The molecule has 0 spiro atoms. The van der Waals surface area contributed by atoms with Crippen molar-refractivity contribution < 1.29 is 5.11 Å². The molecule has 15 heavy (non-hydrogen) atoms. The lowest BCUT2D eigenvalue weighted by molar-refractivity contribution is 0.195. The molecule has 3 nitrogen and oxygen atoms in total. The van der Waals surface area contributed by atoms with Crippen molar-refractivity contribution in [2.24, 2.45) is 0 Å². The van der Waals surface area contributed by atoms with Crippen LogP contribution in [0.2, 0.25) is 5.15 Å². The van der Waals surface area contributed by atoms with Gasteiger partial charge >= 0.3 is 0 Å². The number of aromatic amines is 1. The molecular weight excluding hydrogens is 212 g/mol. The van der Waals surface area contributed by atoms with Gasteiger partial charge in [-0.25, -0.2) is 4.98 Å². The van der Waals surface area contributed by atoms with E-state index in [1.165, 1.54) is 0 Å². The molecule has 0 aliphatic heterocycles. The van der Waals surface area contributed by atoms with E-state index in [9.17, 15) is 5.11 Å². The van der Waals surface area contributed by atoms with E-state index in [0.29, 0.717) is 5.15 Å². The summed E-state index contributed by atoms with van der Waals surface area (Å²) in [6.45, 7) is 5.63. The first-order valence-electron chi connectivity index (χ1n) is 4.84. The Morgan fingerprint density at radius 1 is 1.47 bits per heavy atom.